The van der Waals surface area contributed by atoms with Gasteiger partial charge in [0.2, 0.25) is 11.2 Å². The summed E-state index contributed by atoms with van der Waals surface area (Å²) in [5, 5.41) is 11.0. The van der Waals surface area contributed by atoms with E-state index >= 15 is 0 Å². The average molecular weight is 433 g/mol. The van der Waals surface area contributed by atoms with Crippen LogP contribution in [0, 0.1) is 10.1 Å². The Morgan fingerprint density at radius 1 is 0.938 bits per heavy atom. The van der Waals surface area contributed by atoms with E-state index in [9.17, 15) is 19.7 Å². The van der Waals surface area contributed by atoms with E-state index < -0.39 is 16.3 Å². The first-order valence-corrected chi connectivity index (χ1v) is 9.29. The Balaban J connectivity index is 1.54. The predicted octanol–water partition coefficient (Wildman–Crippen LogP) is 4.72. The Morgan fingerprint density at radius 2 is 1.59 bits per heavy atom. The van der Waals surface area contributed by atoms with Gasteiger partial charge in [-0.2, -0.15) is 0 Å². The van der Waals surface area contributed by atoms with Crippen LogP contribution >= 0.6 is 0 Å². The minimum atomic E-state index is -0.707. The summed E-state index contributed by atoms with van der Waals surface area (Å²) in [5.41, 5.74) is -0.191. The Kier molecular flexibility index (Phi) is 5.54. The number of hydrogen-bond acceptors (Lipinski definition) is 8. The molecule has 0 aliphatic heterocycles. The van der Waals surface area contributed by atoms with E-state index in [1.807, 2.05) is 0 Å². The number of esters is 1. The number of nitrogens with zero attached hydrogens (tertiary/aromatic N) is 1. The molecule has 160 valence electrons. The lowest BCUT2D eigenvalue weighted by Gasteiger charge is -2.08. The Hall–Kier alpha value is -4.66. The summed E-state index contributed by atoms with van der Waals surface area (Å²) < 4.78 is 21.5. The molecule has 0 N–H and O–H groups in total. The molecule has 3 aromatic carbocycles. The maximum absolute atomic E-state index is 12.7. The van der Waals surface area contributed by atoms with Gasteiger partial charge in [-0.25, -0.2) is 4.79 Å². The number of nitro groups is 1. The van der Waals surface area contributed by atoms with Crippen LogP contribution in [0.3, 0.4) is 0 Å². The highest BCUT2D eigenvalue weighted by Gasteiger charge is 2.14. The van der Waals surface area contributed by atoms with Crippen LogP contribution < -0.4 is 19.6 Å². The maximum Gasteiger partial charge on any atom is 0.343 e. The number of carbonyl (C=O) groups excluding carboxylic acids is 1. The first-order chi connectivity index (χ1) is 15.4. The molecule has 0 saturated heterocycles. The highest BCUT2D eigenvalue weighted by Crippen LogP contribution is 2.26. The van der Waals surface area contributed by atoms with Crippen molar-refractivity contribution in [3.63, 3.8) is 0 Å². The van der Waals surface area contributed by atoms with Gasteiger partial charge in [-0.15, -0.1) is 0 Å². The second-order valence-corrected chi connectivity index (χ2v) is 6.56. The van der Waals surface area contributed by atoms with Gasteiger partial charge in [-0.3, -0.25) is 14.9 Å². The number of non-ortho nitro benzene ring substituents is 1. The van der Waals surface area contributed by atoms with Crippen molar-refractivity contribution in [3.05, 3.63) is 98.9 Å². The highest BCUT2D eigenvalue weighted by molar-refractivity contribution is 5.92. The topological polar surface area (TPSA) is 118 Å². The SMILES string of the molecule is COc1ccc(Oc2coc3cc(OC(=O)c4ccc([N+](=O)[O-])cc4)ccc3c2=O)cc1. The molecule has 32 heavy (non-hydrogen) atoms. The normalized spacial score (nSPS) is 10.5. The van der Waals surface area contributed by atoms with Gasteiger partial charge >= 0.3 is 5.97 Å². The van der Waals surface area contributed by atoms with Gasteiger partial charge in [-0.1, -0.05) is 0 Å². The smallest absolute Gasteiger partial charge is 0.343 e. The molecule has 0 amide bonds. The van der Waals surface area contributed by atoms with Gasteiger partial charge in [0.25, 0.3) is 5.69 Å². The second kappa shape index (κ2) is 8.60. The molecule has 0 fully saturated rings. The molecule has 1 aromatic heterocycles. The van der Waals surface area contributed by atoms with Crippen molar-refractivity contribution in [3.8, 4) is 23.0 Å². The summed E-state index contributed by atoms with van der Waals surface area (Å²) in [7, 11) is 1.55. The minimum Gasteiger partial charge on any atom is -0.497 e. The lowest BCUT2D eigenvalue weighted by atomic mass is 10.2. The van der Waals surface area contributed by atoms with Crippen LogP contribution in [0.15, 0.2) is 82.2 Å². The zero-order valence-electron chi connectivity index (χ0n) is 16.6. The third-order valence-corrected chi connectivity index (χ3v) is 4.53. The number of ether oxygens (including phenoxy) is 3. The van der Waals surface area contributed by atoms with Crippen molar-refractivity contribution in [2.24, 2.45) is 0 Å². The van der Waals surface area contributed by atoms with Crippen LogP contribution in [0.1, 0.15) is 10.4 Å². The Morgan fingerprint density at radius 3 is 2.25 bits per heavy atom. The monoisotopic (exact) mass is 433 g/mol. The van der Waals surface area contributed by atoms with Crippen molar-refractivity contribution in [2.75, 3.05) is 7.11 Å². The fourth-order valence-corrected chi connectivity index (χ4v) is 2.88. The summed E-state index contributed by atoms with van der Waals surface area (Å²) >= 11 is 0. The van der Waals surface area contributed by atoms with Crippen LogP contribution in [-0.2, 0) is 0 Å². The molecule has 9 heteroatoms. The first kappa shape index (κ1) is 20.6. The number of hydrogen-bond donors (Lipinski definition) is 0. The fourth-order valence-electron chi connectivity index (χ4n) is 2.88. The largest absolute Gasteiger partial charge is 0.497 e. The average Bonchev–Trinajstić information content (AvgIpc) is 2.81. The zero-order chi connectivity index (χ0) is 22.7. The standard InChI is InChI=1S/C23H15NO8/c1-29-16-6-8-17(9-7-16)31-21-13-30-20-12-18(10-11-19(20)22(21)25)32-23(26)14-2-4-15(5-3-14)24(27)28/h2-13H,1H3. The number of rotatable bonds is 6. The minimum absolute atomic E-state index is 0.00158. The molecule has 0 radical (unpaired) electrons. The van der Waals surface area contributed by atoms with Gasteiger partial charge < -0.3 is 18.6 Å². The molecule has 4 aromatic rings. The van der Waals surface area contributed by atoms with E-state index in [0.29, 0.717) is 11.5 Å². The molecule has 4 rings (SSSR count). The van der Waals surface area contributed by atoms with Gasteiger partial charge in [0.05, 0.1) is 23.0 Å². The zero-order valence-corrected chi connectivity index (χ0v) is 16.6. The van der Waals surface area contributed by atoms with Gasteiger partial charge in [-0.05, 0) is 48.5 Å². The van der Waals surface area contributed by atoms with Crippen molar-refractivity contribution in [1.82, 2.24) is 0 Å². The summed E-state index contributed by atoms with van der Waals surface area (Å²) in [5.74, 6) is 0.525. The second-order valence-electron chi connectivity index (χ2n) is 6.56. The molecule has 0 aliphatic carbocycles. The molecular formula is C23H15NO8. The van der Waals surface area contributed by atoms with Gasteiger partial charge in [0, 0.05) is 18.2 Å². The summed E-state index contributed by atoms with van der Waals surface area (Å²) in [4.78, 5) is 35.2. The van der Waals surface area contributed by atoms with Crippen molar-refractivity contribution in [2.45, 2.75) is 0 Å². The predicted molar refractivity (Wildman–Crippen MR) is 114 cm³/mol. The summed E-state index contributed by atoms with van der Waals surface area (Å²) in [6.07, 6.45) is 1.18. The molecule has 0 bridgehead atoms. The molecule has 0 spiro atoms. The molecule has 0 atom stereocenters. The van der Waals surface area contributed by atoms with Crippen LogP contribution in [0.25, 0.3) is 11.0 Å². The van der Waals surface area contributed by atoms with Gasteiger partial charge in [0.15, 0.2) is 0 Å². The highest BCUT2D eigenvalue weighted by atomic mass is 16.6. The van der Waals surface area contributed by atoms with Crippen molar-refractivity contribution < 1.29 is 28.3 Å². The van der Waals surface area contributed by atoms with Crippen molar-refractivity contribution in [1.29, 1.82) is 0 Å². The number of carbonyl (C=O) groups is 1. The van der Waals surface area contributed by atoms with E-state index in [0.717, 1.165) is 0 Å². The Bertz CT molecular complexity index is 1360. The number of nitro benzene ring substituents is 1. The maximum atomic E-state index is 12.7. The third-order valence-electron chi connectivity index (χ3n) is 4.53. The molecule has 1 heterocycles. The quantitative estimate of drug-likeness (QED) is 0.185. The van der Waals surface area contributed by atoms with Crippen LogP contribution in [0.4, 0.5) is 5.69 Å². The van der Waals surface area contributed by atoms with Crippen LogP contribution in [-0.4, -0.2) is 18.0 Å². The molecule has 0 saturated carbocycles. The molecular weight excluding hydrogens is 418 g/mol. The number of benzene rings is 3. The van der Waals surface area contributed by atoms with Crippen LogP contribution in [0.5, 0.6) is 23.0 Å². The van der Waals surface area contributed by atoms with E-state index in [1.54, 1.807) is 31.4 Å². The number of methoxy groups -OCH3 is 1. The summed E-state index contributed by atoms with van der Waals surface area (Å²) in [6.45, 7) is 0. The first-order valence-electron chi connectivity index (χ1n) is 9.29. The molecule has 0 unspecified atom stereocenters. The van der Waals surface area contributed by atoms with E-state index in [2.05, 4.69) is 0 Å². The third kappa shape index (κ3) is 4.26. The number of fused-ring (bicyclic) bond motifs is 1. The summed E-state index contributed by atoms with van der Waals surface area (Å²) in [6, 6.07) is 16.0. The lowest BCUT2D eigenvalue weighted by Crippen LogP contribution is -2.09. The van der Waals surface area contributed by atoms with E-state index in [-0.39, 0.29) is 33.7 Å². The van der Waals surface area contributed by atoms with Gasteiger partial charge in [0.1, 0.15) is 29.1 Å². The Labute approximate surface area is 180 Å². The lowest BCUT2D eigenvalue weighted by molar-refractivity contribution is -0.384. The molecule has 0 aliphatic rings. The van der Waals surface area contributed by atoms with E-state index in [1.165, 1.54) is 48.7 Å². The van der Waals surface area contributed by atoms with E-state index in [4.69, 9.17) is 18.6 Å². The van der Waals surface area contributed by atoms with Crippen molar-refractivity contribution >= 4 is 22.6 Å². The van der Waals surface area contributed by atoms with Crippen LogP contribution in [0.2, 0.25) is 0 Å². The fraction of sp³-hybridized carbons (Fsp3) is 0.0435. The molecule has 9 nitrogen and oxygen atoms in total.